The molecule has 0 radical (unpaired) electrons. The zero-order chi connectivity index (χ0) is 21.3. The van der Waals surface area contributed by atoms with Gasteiger partial charge in [0.1, 0.15) is 5.82 Å². The number of fused-ring (bicyclic) bond motifs is 1. The van der Waals surface area contributed by atoms with E-state index in [4.69, 9.17) is 4.52 Å². The van der Waals surface area contributed by atoms with E-state index in [1.54, 1.807) is 48.9 Å². The second-order valence-electron chi connectivity index (χ2n) is 6.98. The van der Waals surface area contributed by atoms with E-state index in [0.29, 0.717) is 46.1 Å². The van der Waals surface area contributed by atoms with Gasteiger partial charge in [0, 0.05) is 19.0 Å². The number of aryl methyl sites for hydroxylation is 2. The fraction of sp³-hybridized carbons (Fsp3) is 0.227. The molecule has 0 aliphatic carbocycles. The molecule has 8 heteroatoms. The van der Waals surface area contributed by atoms with Gasteiger partial charge >= 0.3 is 0 Å². The SMILES string of the molecule is CCc1noc(CN(C)C(=O)c2ccc(-n3c(C)nc4ccccc4c3=O)cc2)n1. The lowest BCUT2D eigenvalue weighted by molar-refractivity contribution is 0.0769. The van der Waals surface area contributed by atoms with E-state index in [-0.39, 0.29) is 18.0 Å². The van der Waals surface area contributed by atoms with Gasteiger partial charge in [0.2, 0.25) is 5.89 Å². The smallest absolute Gasteiger partial charge is 0.265 e. The molecule has 0 saturated heterocycles. The minimum atomic E-state index is -0.182. The van der Waals surface area contributed by atoms with Gasteiger partial charge in [-0.15, -0.1) is 0 Å². The van der Waals surface area contributed by atoms with Crippen LogP contribution in [0.4, 0.5) is 0 Å². The standard InChI is InChI=1S/C22H21N5O3/c1-4-19-24-20(30-25-19)13-26(3)21(28)15-9-11-16(12-10-15)27-14(2)23-18-8-6-5-7-17(18)22(27)29/h5-12H,4,13H2,1-3H3. The summed E-state index contributed by atoms with van der Waals surface area (Å²) < 4.78 is 6.70. The van der Waals surface area contributed by atoms with Crippen molar-refractivity contribution in [2.45, 2.75) is 26.8 Å². The lowest BCUT2D eigenvalue weighted by Crippen LogP contribution is -2.26. The first kappa shape index (κ1) is 19.5. The van der Waals surface area contributed by atoms with E-state index in [1.807, 2.05) is 25.1 Å². The van der Waals surface area contributed by atoms with Crippen LogP contribution in [0.15, 0.2) is 57.8 Å². The highest BCUT2D eigenvalue weighted by atomic mass is 16.5. The Labute approximate surface area is 172 Å². The second-order valence-corrected chi connectivity index (χ2v) is 6.98. The zero-order valence-electron chi connectivity index (χ0n) is 17.0. The van der Waals surface area contributed by atoms with Gasteiger partial charge in [-0.2, -0.15) is 4.98 Å². The zero-order valence-corrected chi connectivity index (χ0v) is 17.0. The topological polar surface area (TPSA) is 94.1 Å². The van der Waals surface area contributed by atoms with Crippen LogP contribution in [0.3, 0.4) is 0 Å². The number of amides is 1. The molecule has 2 aromatic carbocycles. The molecule has 4 aromatic rings. The molecular weight excluding hydrogens is 382 g/mol. The fourth-order valence-corrected chi connectivity index (χ4v) is 3.29. The molecule has 0 fully saturated rings. The van der Waals surface area contributed by atoms with Gasteiger partial charge in [-0.25, -0.2) is 4.98 Å². The summed E-state index contributed by atoms with van der Waals surface area (Å²) in [4.78, 5) is 35.9. The quantitative estimate of drug-likeness (QED) is 0.509. The molecule has 0 N–H and O–H groups in total. The predicted molar refractivity (Wildman–Crippen MR) is 112 cm³/mol. The van der Waals surface area contributed by atoms with Gasteiger partial charge in [0.25, 0.3) is 11.5 Å². The number of nitrogens with zero attached hydrogens (tertiary/aromatic N) is 5. The van der Waals surface area contributed by atoms with Gasteiger partial charge in [-0.1, -0.05) is 24.2 Å². The highest BCUT2D eigenvalue weighted by Gasteiger charge is 2.16. The highest BCUT2D eigenvalue weighted by Crippen LogP contribution is 2.15. The molecular formula is C22H21N5O3. The average molecular weight is 403 g/mol. The van der Waals surface area contributed by atoms with E-state index in [9.17, 15) is 9.59 Å². The van der Waals surface area contributed by atoms with Crippen LogP contribution >= 0.6 is 0 Å². The van der Waals surface area contributed by atoms with E-state index < -0.39 is 0 Å². The first-order chi connectivity index (χ1) is 14.5. The Morgan fingerprint density at radius 1 is 1.10 bits per heavy atom. The highest BCUT2D eigenvalue weighted by molar-refractivity contribution is 5.94. The normalized spacial score (nSPS) is 11.0. The number of rotatable bonds is 5. The lowest BCUT2D eigenvalue weighted by atomic mass is 10.1. The average Bonchev–Trinajstić information content (AvgIpc) is 3.21. The number of benzene rings is 2. The van der Waals surface area contributed by atoms with Gasteiger partial charge in [-0.05, 0) is 43.3 Å². The van der Waals surface area contributed by atoms with Crippen molar-refractivity contribution in [3.8, 4) is 5.69 Å². The van der Waals surface area contributed by atoms with Crippen molar-refractivity contribution in [3.63, 3.8) is 0 Å². The summed E-state index contributed by atoms with van der Waals surface area (Å²) in [5.41, 5.74) is 1.67. The van der Waals surface area contributed by atoms with Gasteiger partial charge < -0.3 is 9.42 Å². The van der Waals surface area contributed by atoms with E-state index in [0.717, 1.165) is 0 Å². The summed E-state index contributed by atoms with van der Waals surface area (Å²) >= 11 is 0. The second kappa shape index (κ2) is 7.90. The third-order valence-electron chi connectivity index (χ3n) is 4.86. The van der Waals surface area contributed by atoms with Crippen LogP contribution in [0.1, 0.15) is 34.8 Å². The minimum Gasteiger partial charge on any atom is -0.337 e. The van der Waals surface area contributed by atoms with E-state index >= 15 is 0 Å². The fourth-order valence-electron chi connectivity index (χ4n) is 3.29. The van der Waals surface area contributed by atoms with Crippen LogP contribution in [0.2, 0.25) is 0 Å². The molecule has 0 aliphatic rings. The van der Waals surface area contributed by atoms with Crippen LogP contribution in [-0.4, -0.2) is 37.5 Å². The molecule has 8 nitrogen and oxygen atoms in total. The Bertz CT molecular complexity index is 1270. The Morgan fingerprint density at radius 2 is 1.83 bits per heavy atom. The Morgan fingerprint density at radius 3 is 2.53 bits per heavy atom. The molecule has 0 bridgehead atoms. The first-order valence-electron chi connectivity index (χ1n) is 9.63. The molecule has 2 aromatic heterocycles. The molecule has 0 saturated carbocycles. The van der Waals surface area contributed by atoms with Gasteiger partial charge in [0.05, 0.1) is 23.1 Å². The first-order valence-corrected chi connectivity index (χ1v) is 9.63. The van der Waals surface area contributed by atoms with Gasteiger partial charge in [-0.3, -0.25) is 14.2 Å². The Balaban J connectivity index is 1.59. The van der Waals surface area contributed by atoms with Crippen molar-refractivity contribution in [3.05, 3.63) is 82.0 Å². The summed E-state index contributed by atoms with van der Waals surface area (Å²) in [6.07, 6.45) is 0.672. The third-order valence-corrected chi connectivity index (χ3v) is 4.86. The molecule has 4 rings (SSSR count). The molecule has 0 aliphatic heterocycles. The number of hydrogen-bond acceptors (Lipinski definition) is 6. The Hall–Kier alpha value is -3.81. The Kier molecular flexibility index (Phi) is 5.14. The largest absolute Gasteiger partial charge is 0.337 e. The van der Waals surface area contributed by atoms with E-state index in [2.05, 4.69) is 15.1 Å². The number of carbonyl (C=O) groups excluding carboxylic acids is 1. The van der Waals surface area contributed by atoms with Crippen molar-refractivity contribution in [1.82, 2.24) is 24.6 Å². The number of aromatic nitrogens is 4. The summed E-state index contributed by atoms with van der Waals surface area (Å²) in [6, 6.07) is 14.1. The molecule has 30 heavy (non-hydrogen) atoms. The number of carbonyl (C=O) groups is 1. The maximum Gasteiger partial charge on any atom is 0.265 e. The summed E-state index contributed by atoms with van der Waals surface area (Å²) in [6.45, 7) is 3.94. The van der Waals surface area contributed by atoms with Crippen LogP contribution in [0.25, 0.3) is 16.6 Å². The van der Waals surface area contributed by atoms with Crippen LogP contribution in [0, 0.1) is 6.92 Å². The monoisotopic (exact) mass is 403 g/mol. The molecule has 2 heterocycles. The lowest BCUT2D eigenvalue weighted by Gasteiger charge is -2.15. The number of para-hydroxylation sites is 1. The molecule has 0 unspecified atom stereocenters. The molecule has 0 atom stereocenters. The van der Waals surface area contributed by atoms with Gasteiger partial charge in [0.15, 0.2) is 5.82 Å². The van der Waals surface area contributed by atoms with Crippen LogP contribution in [-0.2, 0) is 13.0 Å². The van der Waals surface area contributed by atoms with Crippen LogP contribution in [0.5, 0.6) is 0 Å². The van der Waals surface area contributed by atoms with Crippen molar-refractivity contribution in [2.75, 3.05) is 7.05 Å². The van der Waals surface area contributed by atoms with Crippen molar-refractivity contribution >= 4 is 16.8 Å². The summed E-state index contributed by atoms with van der Waals surface area (Å²) in [5.74, 6) is 1.40. The molecule has 0 spiro atoms. The van der Waals surface area contributed by atoms with E-state index in [1.165, 1.54) is 4.90 Å². The van der Waals surface area contributed by atoms with Crippen molar-refractivity contribution < 1.29 is 9.32 Å². The predicted octanol–water partition coefficient (Wildman–Crippen LogP) is 2.91. The summed E-state index contributed by atoms with van der Waals surface area (Å²) in [7, 11) is 1.67. The minimum absolute atomic E-state index is 0.141. The maximum atomic E-state index is 12.9. The maximum absolute atomic E-state index is 12.9. The third kappa shape index (κ3) is 3.59. The molecule has 152 valence electrons. The van der Waals surface area contributed by atoms with Crippen LogP contribution < -0.4 is 5.56 Å². The summed E-state index contributed by atoms with van der Waals surface area (Å²) in [5, 5.41) is 4.39. The van der Waals surface area contributed by atoms with Crippen molar-refractivity contribution in [1.29, 1.82) is 0 Å². The van der Waals surface area contributed by atoms with Crippen molar-refractivity contribution in [2.24, 2.45) is 0 Å². The number of hydrogen-bond donors (Lipinski definition) is 0. The molecule has 1 amide bonds.